The highest BCUT2D eigenvalue weighted by Crippen LogP contribution is 2.36. The molecule has 0 aliphatic rings. The third-order valence-corrected chi connectivity index (χ3v) is 5.69. The van der Waals surface area contributed by atoms with Crippen molar-refractivity contribution in [1.82, 2.24) is 0 Å². The second-order valence-electron chi connectivity index (χ2n) is 9.27. The summed E-state index contributed by atoms with van der Waals surface area (Å²) in [4.78, 5) is 0. The average Bonchev–Trinajstić information content (AvgIpc) is 2.67. The van der Waals surface area contributed by atoms with E-state index >= 15 is 0 Å². The molecule has 1 heteroatoms. The van der Waals surface area contributed by atoms with Crippen molar-refractivity contribution in [1.29, 1.82) is 0 Å². The lowest BCUT2D eigenvalue weighted by atomic mass is 9.84. The Balaban J connectivity index is 1.78. The van der Waals surface area contributed by atoms with Gasteiger partial charge in [0.25, 0.3) is 0 Å². The van der Waals surface area contributed by atoms with E-state index in [2.05, 4.69) is 119 Å². The quantitative estimate of drug-likeness (QED) is 0.367. The number of nitrogens with one attached hydrogen (secondary N) is 1. The van der Waals surface area contributed by atoms with Crippen LogP contribution in [0.25, 0.3) is 21.5 Å². The van der Waals surface area contributed by atoms with Crippen molar-refractivity contribution >= 4 is 27.2 Å². The highest BCUT2D eigenvalue weighted by molar-refractivity contribution is 6.12. The summed E-state index contributed by atoms with van der Waals surface area (Å²) >= 11 is 0. The van der Waals surface area contributed by atoms with Gasteiger partial charge < -0.3 is 5.32 Å². The first kappa shape index (κ1) is 18.6. The summed E-state index contributed by atoms with van der Waals surface area (Å²) in [5.41, 5.74) is 3.83. The maximum absolute atomic E-state index is 3.83. The molecule has 0 fully saturated rings. The zero-order chi connectivity index (χ0) is 19.9. The maximum atomic E-state index is 3.83. The molecule has 0 aromatic heterocycles. The van der Waals surface area contributed by atoms with Crippen LogP contribution in [0, 0.1) is 0 Å². The van der Waals surface area contributed by atoms with Crippen LogP contribution in [0.15, 0.2) is 78.9 Å². The first-order valence-corrected chi connectivity index (χ1v) is 10.1. The van der Waals surface area contributed by atoms with Gasteiger partial charge in [-0.15, -0.1) is 0 Å². The Hall–Kier alpha value is -2.80. The topological polar surface area (TPSA) is 12.0 Å². The first-order chi connectivity index (χ1) is 13.3. The van der Waals surface area contributed by atoms with E-state index in [1.165, 1.54) is 38.4 Å². The summed E-state index contributed by atoms with van der Waals surface area (Å²) in [6.07, 6.45) is 0. The Morgan fingerprint density at radius 3 is 1.75 bits per heavy atom. The molecule has 0 saturated heterocycles. The number of rotatable bonds is 3. The molecule has 142 valence electrons. The predicted molar refractivity (Wildman–Crippen MR) is 123 cm³/mol. The van der Waals surface area contributed by atoms with Gasteiger partial charge in [0, 0.05) is 11.1 Å². The average molecular weight is 368 g/mol. The predicted octanol–water partition coefficient (Wildman–Crippen LogP) is 7.64. The maximum Gasteiger partial charge on any atom is 0.0569 e. The van der Waals surface area contributed by atoms with Crippen molar-refractivity contribution in [2.45, 2.75) is 45.6 Å². The summed E-state index contributed by atoms with van der Waals surface area (Å²) in [5, 5.41) is 8.95. The molecule has 0 atom stereocenters. The van der Waals surface area contributed by atoms with Gasteiger partial charge in [-0.05, 0) is 52.6 Å². The van der Waals surface area contributed by atoms with Crippen LogP contribution >= 0.6 is 0 Å². The summed E-state index contributed by atoms with van der Waals surface area (Å²) < 4.78 is 0. The van der Waals surface area contributed by atoms with Gasteiger partial charge >= 0.3 is 0 Å². The first-order valence-electron chi connectivity index (χ1n) is 10.1. The standard InChI is InChI=1S/C27H29N/c1-26(2,3)20-14-16-21(17-15-20)27(4,5)28-25-18-19-10-6-7-11-22(19)23-12-8-9-13-24(23)25/h6-18,28H,1-5H3. The Labute approximate surface area is 168 Å². The number of benzene rings is 4. The molecule has 0 bridgehead atoms. The van der Waals surface area contributed by atoms with Gasteiger partial charge in [0.2, 0.25) is 0 Å². The van der Waals surface area contributed by atoms with E-state index in [1.54, 1.807) is 0 Å². The molecule has 28 heavy (non-hydrogen) atoms. The molecule has 1 N–H and O–H groups in total. The molecule has 0 saturated carbocycles. The van der Waals surface area contributed by atoms with Crippen molar-refractivity contribution in [3.8, 4) is 0 Å². The van der Waals surface area contributed by atoms with E-state index in [-0.39, 0.29) is 11.0 Å². The van der Waals surface area contributed by atoms with Gasteiger partial charge in [-0.25, -0.2) is 0 Å². The van der Waals surface area contributed by atoms with Crippen LogP contribution in [-0.2, 0) is 11.0 Å². The van der Waals surface area contributed by atoms with Crippen molar-refractivity contribution in [3.63, 3.8) is 0 Å². The van der Waals surface area contributed by atoms with Crippen molar-refractivity contribution in [3.05, 3.63) is 90.0 Å². The molecule has 0 unspecified atom stereocenters. The normalized spacial score (nSPS) is 12.5. The van der Waals surface area contributed by atoms with E-state index in [9.17, 15) is 0 Å². The molecule has 1 nitrogen and oxygen atoms in total. The second-order valence-corrected chi connectivity index (χ2v) is 9.27. The third-order valence-electron chi connectivity index (χ3n) is 5.69. The zero-order valence-electron chi connectivity index (χ0n) is 17.5. The molecule has 0 heterocycles. The lowest BCUT2D eigenvalue weighted by Crippen LogP contribution is -2.28. The van der Waals surface area contributed by atoms with Crippen LogP contribution in [0.5, 0.6) is 0 Å². The molecule has 0 aliphatic heterocycles. The van der Waals surface area contributed by atoms with Crippen LogP contribution in [0.3, 0.4) is 0 Å². The molecule has 0 amide bonds. The zero-order valence-corrected chi connectivity index (χ0v) is 17.5. The molecule has 4 rings (SSSR count). The second kappa shape index (κ2) is 6.67. The van der Waals surface area contributed by atoms with Crippen LogP contribution in [0.2, 0.25) is 0 Å². The molecule has 0 spiro atoms. The summed E-state index contributed by atoms with van der Waals surface area (Å²) in [7, 11) is 0. The van der Waals surface area contributed by atoms with Gasteiger partial charge in [-0.3, -0.25) is 0 Å². The Bertz CT molecular complexity index is 1130. The van der Waals surface area contributed by atoms with E-state index in [1.807, 2.05) is 0 Å². The van der Waals surface area contributed by atoms with Crippen LogP contribution in [0.4, 0.5) is 5.69 Å². The van der Waals surface area contributed by atoms with E-state index in [0.29, 0.717) is 0 Å². The van der Waals surface area contributed by atoms with Gasteiger partial charge in [-0.2, -0.15) is 0 Å². The number of anilines is 1. The van der Waals surface area contributed by atoms with E-state index < -0.39 is 0 Å². The SMILES string of the molecule is CC(C)(C)c1ccc(C(C)(C)Nc2cc3ccccc3c3ccccc23)cc1. The minimum Gasteiger partial charge on any atom is -0.376 e. The largest absolute Gasteiger partial charge is 0.376 e. The van der Waals surface area contributed by atoms with Gasteiger partial charge in [0.1, 0.15) is 0 Å². The molecule has 4 aromatic rings. The lowest BCUT2D eigenvalue weighted by molar-refractivity contribution is 0.583. The van der Waals surface area contributed by atoms with Crippen LogP contribution in [-0.4, -0.2) is 0 Å². The fraction of sp³-hybridized carbons (Fsp3) is 0.259. The highest BCUT2D eigenvalue weighted by atomic mass is 15.0. The Morgan fingerprint density at radius 2 is 1.11 bits per heavy atom. The highest BCUT2D eigenvalue weighted by Gasteiger charge is 2.22. The van der Waals surface area contributed by atoms with E-state index in [4.69, 9.17) is 0 Å². The minimum atomic E-state index is -0.179. The van der Waals surface area contributed by atoms with Crippen molar-refractivity contribution in [2.75, 3.05) is 5.32 Å². The number of fused-ring (bicyclic) bond motifs is 3. The summed E-state index contributed by atoms with van der Waals surface area (Å²) in [6, 6.07) is 28.6. The molecule has 0 radical (unpaired) electrons. The fourth-order valence-corrected chi connectivity index (χ4v) is 3.95. The van der Waals surface area contributed by atoms with Crippen molar-refractivity contribution in [2.24, 2.45) is 0 Å². The van der Waals surface area contributed by atoms with Crippen molar-refractivity contribution < 1.29 is 0 Å². The Kier molecular flexibility index (Phi) is 4.42. The van der Waals surface area contributed by atoms with Gasteiger partial charge in [0.15, 0.2) is 0 Å². The molecule has 4 aromatic carbocycles. The van der Waals surface area contributed by atoms with Gasteiger partial charge in [-0.1, -0.05) is 93.6 Å². The van der Waals surface area contributed by atoms with E-state index in [0.717, 1.165) is 0 Å². The molecular formula is C27H29N. The monoisotopic (exact) mass is 367 g/mol. The number of hydrogen-bond acceptors (Lipinski definition) is 1. The lowest BCUT2D eigenvalue weighted by Gasteiger charge is -2.30. The molecule has 0 aliphatic carbocycles. The number of hydrogen-bond donors (Lipinski definition) is 1. The third kappa shape index (κ3) is 3.38. The smallest absolute Gasteiger partial charge is 0.0569 e. The summed E-state index contributed by atoms with van der Waals surface area (Å²) in [5.74, 6) is 0. The minimum absolute atomic E-state index is 0.171. The fourth-order valence-electron chi connectivity index (χ4n) is 3.95. The molecular weight excluding hydrogens is 338 g/mol. The van der Waals surface area contributed by atoms with Crippen LogP contribution in [0.1, 0.15) is 45.7 Å². The summed E-state index contributed by atoms with van der Waals surface area (Å²) in [6.45, 7) is 11.3. The van der Waals surface area contributed by atoms with Gasteiger partial charge in [0.05, 0.1) is 5.54 Å². The Morgan fingerprint density at radius 1 is 0.571 bits per heavy atom. The van der Waals surface area contributed by atoms with Crippen LogP contribution < -0.4 is 5.32 Å².